The predicted octanol–water partition coefficient (Wildman–Crippen LogP) is 1.72. The molecule has 1 aliphatic rings. The summed E-state index contributed by atoms with van der Waals surface area (Å²) in [6.45, 7) is 3.47. The van der Waals surface area contributed by atoms with Crippen LogP contribution in [-0.4, -0.2) is 27.6 Å². The zero-order valence-electron chi connectivity index (χ0n) is 10.1. The van der Waals surface area contributed by atoms with Gasteiger partial charge in [0.2, 0.25) is 5.91 Å². The summed E-state index contributed by atoms with van der Waals surface area (Å²) in [7, 11) is 0. The zero-order valence-corrected chi connectivity index (χ0v) is 10.1. The van der Waals surface area contributed by atoms with Crippen molar-refractivity contribution in [3.8, 4) is 0 Å². The van der Waals surface area contributed by atoms with E-state index in [0.29, 0.717) is 12.8 Å². The van der Waals surface area contributed by atoms with Crippen LogP contribution < -0.4 is 0 Å². The fourth-order valence-electron chi connectivity index (χ4n) is 2.51. The summed E-state index contributed by atoms with van der Waals surface area (Å²) in [5, 5.41) is 0. The fourth-order valence-corrected chi connectivity index (χ4v) is 2.51. The van der Waals surface area contributed by atoms with Gasteiger partial charge in [-0.2, -0.15) is 0 Å². The maximum atomic E-state index is 11.7. The Morgan fingerprint density at radius 1 is 1.47 bits per heavy atom. The van der Waals surface area contributed by atoms with Crippen molar-refractivity contribution < 1.29 is 9.59 Å². The number of Topliss-reactive ketones (excluding diaryl/α,β-unsaturated/α-hetero) is 1. The lowest BCUT2D eigenvalue weighted by Gasteiger charge is -2.39. The van der Waals surface area contributed by atoms with Gasteiger partial charge in [-0.3, -0.25) is 14.6 Å². The van der Waals surface area contributed by atoms with Crippen molar-refractivity contribution >= 4 is 11.7 Å². The summed E-state index contributed by atoms with van der Waals surface area (Å²) in [5.74, 6) is 0.225. The van der Waals surface area contributed by atoms with Gasteiger partial charge in [0, 0.05) is 38.2 Å². The lowest BCUT2D eigenvalue weighted by molar-refractivity contribution is -0.139. The number of likely N-dealkylation sites (tertiary alicyclic amines) is 1. The van der Waals surface area contributed by atoms with Gasteiger partial charge < -0.3 is 4.90 Å². The minimum atomic E-state index is -0.155. The molecule has 0 spiro atoms. The normalized spacial score (nSPS) is 24.8. The lowest BCUT2D eigenvalue weighted by Crippen LogP contribution is -2.45. The number of amides is 1. The van der Waals surface area contributed by atoms with Crippen LogP contribution in [0, 0.1) is 0 Å². The molecule has 0 bridgehead atoms. The Kier molecular flexibility index (Phi) is 3.22. The quantitative estimate of drug-likeness (QED) is 0.740. The second-order valence-electron chi connectivity index (χ2n) is 4.52. The summed E-state index contributed by atoms with van der Waals surface area (Å²) in [6.07, 6.45) is 4.27. The van der Waals surface area contributed by atoms with Gasteiger partial charge in [-0.05, 0) is 18.6 Å². The minimum absolute atomic E-state index is 0.0128. The molecule has 0 aliphatic carbocycles. The number of carbonyl (C=O) groups excluding carboxylic acids is 2. The lowest BCUT2D eigenvalue weighted by atomic mass is 9.91. The first kappa shape index (κ1) is 11.8. The van der Waals surface area contributed by atoms with Crippen LogP contribution in [0.1, 0.15) is 38.3 Å². The second-order valence-corrected chi connectivity index (χ2v) is 4.52. The highest BCUT2D eigenvalue weighted by molar-refractivity contribution is 5.84. The van der Waals surface area contributed by atoms with E-state index in [4.69, 9.17) is 0 Å². The molecule has 1 aromatic heterocycles. The first-order valence-corrected chi connectivity index (χ1v) is 5.80. The van der Waals surface area contributed by atoms with Crippen LogP contribution in [0.15, 0.2) is 24.5 Å². The van der Waals surface area contributed by atoms with Crippen molar-refractivity contribution in [3.05, 3.63) is 30.1 Å². The monoisotopic (exact) mass is 232 g/mol. The van der Waals surface area contributed by atoms with E-state index in [9.17, 15) is 9.59 Å². The Bertz CT molecular complexity index is 430. The molecule has 4 nitrogen and oxygen atoms in total. The summed E-state index contributed by atoms with van der Waals surface area (Å²) in [6, 6.07) is 3.56. The molecule has 2 atom stereocenters. The molecule has 1 aliphatic heterocycles. The molecule has 0 N–H and O–H groups in total. The van der Waals surface area contributed by atoms with Gasteiger partial charge >= 0.3 is 0 Å². The molecule has 0 radical (unpaired) electrons. The molecule has 1 amide bonds. The molecule has 2 unspecified atom stereocenters. The van der Waals surface area contributed by atoms with Gasteiger partial charge in [-0.1, -0.05) is 6.07 Å². The van der Waals surface area contributed by atoms with E-state index >= 15 is 0 Å². The van der Waals surface area contributed by atoms with Crippen LogP contribution in [0.5, 0.6) is 0 Å². The van der Waals surface area contributed by atoms with Gasteiger partial charge in [0.05, 0.1) is 6.04 Å². The van der Waals surface area contributed by atoms with E-state index < -0.39 is 0 Å². The smallest absolute Gasteiger partial charge is 0.220 e. The van der Waals surface area contributed by atoms with Crippen molar-refractivity contribution in [1.82, 2.24) is 9.88 Å². The van der Waals surface area contributed by atoms with Gasteiger partial charge in [0.15, 0.2) is 0 Å². The van der Waals surface area contributed by atoms with Gasteiger partial charge in [0.25, 0.3) is 0 Å². The number of pyridine rings is 1. The summed E-state index contributed by atoms with van der Waals surface area (Å²) < 4.78 is 0. The molecule has 1 fully saturated rings. The molecule has 2 heterocycles. The summed E-state index contributed by atoms with van der Waals surface area (Å²) >= 11 is 0. The number of hydrogen-bond acceptors (Lipinski definition) is 3. The van der Waals surface area contributed by atoms with Crippen molar-refractivity contribution in [2.45, 2.75) is 38.8 Å². The van der Waals surface area contributed by atoms with E-state index in [1.165, 1.54) is 0 Å². The zero-order chi connectivity index (χ0) is 12.4. The first-order valence-electron chi connectivity index (χ1n) is 5.80. The highest BCUT2D eigenvalue weighted by atomic mass is 16.2. The molecule has 2 rings (SSSR count). The Morgan fingerprint density at radius 3 is 2.82 bits per heavy atom. The van der Waals surface area contributed by atoms with Crippen molar-refractivity contribution in [1.29, 1.82) is 0 Å². The average molecular weight is 232 g/mol. The maximum Gasteiger partial charge on any atom is 0.220 e. The Hall–Kier alpha value is -1.71. The Labute approximate surface area is 101 Å². The molecule has 1 aromatic rings. The number of rotatable bonds is 1. The minimum Gasteiger partial charge on any atom is -0.332 e. The van der Waals surface area contributed by atoms with Gasteiger partial charge in [-0.25, -0.2) is 0 Å². The van der Waals surface area contributed by atoms with E-state index in [1.54, 1.807) is 24.2 Å². The summed E-state index contributed by atoms with van der Waals surface area (Å²) in [4.78, 5) is 29.2. The van der Waals surface area contributed by atoms with E-state index in [-0.39, 0.29) is 23.8 Å². The molecule has 0 aromatic carbocycles. The van der Waals surface area contributed by atoms with Crippen molar-refractivity contribution in [3.63, 3.8) is 0 Å². The topological polar surface area (TPSA) is 50.3 Å². The number of ketones is 1. The number of aromatic nitrogens is 1. The van der Waals surface area contributed by atoms with Crippen LogP contribution in [0.2, 0.25) is 0 Å². The molecular formula is C13H16N2O2. The van der Waals surface area contributed by atoms with Crippen LogP contribution in [-0.2, 0) is 9.59 Å². The van der Waals surface area contributed by atoms with Crippen LogP contribution in [0.25, 0.3) is 0 Å². The van der Waals surface area contributed by atoms with Crippen molar-refractivity contribution in [2.75, 3.05) is 0 Å². The third-order valence-electron chi connectivity index (χ3n) is 3.19. The van der Waals surface area contributed by atoms with Crippen LogP contribution >= 0.6 is 0 Å². The molecular weight excluding hydrogens is 216 g/mol. The number of carbonyl (C=O) groups is 2. The Morgan fingerprint density at radius 2 is 2.24 bits per heavy atom. The average Bonchev–Trinajstić information content (AvgIpc) is 2.28. The fraction of sp³-hybridized carbons (Fsp3) is 0.462. The largest absolute Gasteiger partial charge is 0.332 e. The highest BCUT2D eigenvalue weighted by Crippen LogP contribution is 2.32. The third-order valence-corrected chi connectivity index (χ3v) is 3.19. The molecule has 4 heteroatoms. The van der Waals surface area contributed by atoms with Crippen LogP contribution in [0.3, 0.4) is 0 Å². The molecule has 1 saturated heterocycles. The number of piperidine rings is 1. The van der Waals surface area contributed by atoms with E-state index in [0.717, 1.165) is 5.56 Å². The predicted molar refractivity (Wildman–Crippen MR) is 63.2 cm³/mol. The molecule has 90 valence electrons. The summed E-state index contributed by atoms with van der Waals surface area (Å²) in [5.41, 5.74) is 0.933. The first-order chi connectivity index (χ1) is 8.09. The maximum absolute atomic E-state index is 11.7. The SMILES string of the molecule is CC(=O)N1C(C)CC(=O)CC1c1cccnc1. The highest BCUT2D eigenvalue weighted by Gasteiger charge is 2.34. The Balaban J connectivity index is 2.34. The number of hydrogen-bond donors (Lipinski definition) is 0. The number of nitrogens with zero attached hydrogens (tertiary/aromatic N) is 2. The third kappa shape index (κ3) is 2.35. The standard InChI is InChI=1S/C13H16N2O2/c1-9-6-12(17)7-13(15(9)10(2)16)11-4-3-5-14-8-11/h3-5,8-9,13H,6-7H2,1-2H3. The van der Waals surface area contributed by atoms with E-state index in [1.807, 2.05) is 19.1 Å². The second kappa shape index (κ2) is 4.65. The molecule has 17 heavy (non-hydrogen) atoms. The van der Waals surface area contributed by atoms with Crippen LogP contribution in [0.4, 0.5) is 0 Å². The molecule has 0 saturated carbocycles. The van der Waals surface area contributed by atoms with E-state index in [2.05, 4.69) is 4.98 Å². The van der Waals surface area contributed by atoms with Gasteiger partial charge in [0.1, 0.15) is 5.78 Å². The van der Waals surface area contributed by atoms with Crippen molar-refractivity contribution in [2.24, 2.45) is 0 Å². The van der Waals surface area contributed by atoms with Gasteiger partial charge in [-0.15, -0.1) is 0 Å².